The van der Waals surface area contributed by atoms with Crippen LogP contribution in [0.4, 0.5) is 17.6 Å². The molecule has 0 aliphatic carbocycles. The Morgan fingerprint density at radius 2 is 2.00 bits per heavy atom. The van der Waals surface area contributed by atoms with E-state index < -0.39 is 47.1 Å². The molecule has 5 nitrogen and oxygen atoms in total. The number of carbonyl (C=O) groups excluding carboxylic acids is 1. The van der Waals surface area contributed by atoms with Gasteiger partial charge in [-0.3, -0.25) is 9.78 Å². The molecule has 0 fully saturated rings. The van der Waals surface area contributed by atoms with Crippen LogP contribution in [0.3, 0.4) is 0 Å². The first-order valence-corrected chi connectivity index (χ1v) is 7.92. The molecule has 0 bridgehead atoms. The van der Waals surface area contributed by atoms with Crippen LogP contribution in [0.1, 0.15) is 28.5 Å². The van der Waals surface area contributed by atoms with Crippen LogP contribution in [0.2, 0.25) is 0 Å². The van der Waals surface area contributed by atoms with E-state index in [1.54, 1.807) is 0 Å². The Labute approximate surface area is 151 Å². The number of benzene rings is 1. The summed E-state index contributed by atoms with van der Waals surface area (Å²) in [5, 5.41) is 0. The number of aromatic nitrogens is 1. The van der Waals surface area contributed by atoms with Crippen LogP contribution in [0.25, 0.3) is 0 Å². The molecule has 0 spiro atoms. The van der Waals surface area contributed by atoms with Crippen molar-refractivity contribution >= 4 is 11.8 Å². The lowest BCUT2D eigenvalue weighted by Gasteiger charge is -2.37. The maximum atomic E-state index is 14.4. The molecule has 2 heterocycles. The zero-order valence-electron chi connectivity index (χ0n) is 14.2. The van der Waals surface area contributed by atoms with E-state index in [1.807, 2.05) is 0 Å². The number of rotatable bonds is 4. The van der Waals surface area contributed by atoms with E-state index in [9.17, 15) is 22.4 Å². The van der Waals surface area contributed by atoms with E-state index >= 15 is 0 Å². The van der Waals surface area contributed by atoms with Gasteiger partial charge in [-0.15, -0.1) is 0 Å². The monoisotopic (exact) mass is 381 g/mol. The second kappa shape index (κ2) is 6.64. The number of alkyl halides is 2. The summed E-state index contributed by atoms with van der Waals surface area (Å²) in [6.45, 7) is 0.00878. The molecule has 1 aliphatic rings. The quantitative estimate of drug-likeness (QED) is 0.653. The van der Waals surface area contributed by atoms with Crippen molar-refractivity contribution in [2.45, 2.75) is 24.8 Å². The van der Waals surface area contributed by atoms with Crippen molar-refractivity contribution < 1.29 is 27.1 Å². The molecule has 0 saturated carbocycles. The Balaban J connectivity index is 1.96. The highest BCUT2D eigenvalue weighted by Gasteiger charge is 2.56. The highest BCUT2D eigenvalue weighted by atomic mass is 19.3. The number of hydrogen-bond donors (Lipinski definition) is 1. The zero-order chi connectivity index (χ0) is 19.8. The number of nitrogens with two attached hydrogens (primary N) is 1. The summed E-state index contributed by atoms with van der Waals surface area (Å²) < 4.78 is 60.7. The number of carbonyl (C=O) groups is 1. The fourth-order valence-electron chi connectivity index (χ4n) is 2.77. The SMILES string of the molecule is C[C@]1(c2cc(CC(=O)c3ccc(F)cn3)ccc2F)N=C(N)OCC1(F)F. The van der Waals surface area contributed by atoms with Crippen LogP contribution in [-0.2, 0) is 16.7 Å². The largest absolute Gasteiger partial charge is 0.459 e. The fraction of sp³-hybridized carbons (Fsp3) is 0.278. The predicted octanol–water partition coefficient (Wildman–Crippen LogP) is 2.98. The number of nitrogens with zero attached hydrogens (tertiary/aromatic N) is 2. The topological polar surface area (TPSA) is 77.6 Å². The van der Waals surface area contributed by atoms with Gasteiger partial charge in [0.15, 0.2) is 17.9 Å². The molecular formula is C18H15F4N3O2. The molecule has 0 radical (unpaired) electrons. The maximum Gasteiger partial charge on any atom is 0.310 e. The second-order valence-corrected chi connectivity index (χ2v) is 6.29. The summed E-state index contributed by atoms with van der Waals surface area (Å²) in [4.78, 5) is 19.6. The smallest absolute Gasteiger partial charge is 0.310 e. The molecule has 1 aliphatic heterocycles. The molecule has 0 saturated heterocycles. The van der Waals surface area contributed by atoms with Crippen molar-refractivity contribution in [3.63, 3.8) is 0 Å². The summed E-state index contributed by atoms with van der Waals surface area (Å²) in [7, 11) is 0. The number of hydrogen-bond acceptors (Lipinski definition) is 5. The maximum absolute atomic E-state index is 14.4. The van der Waals surface area contributed by atoms with Crippen LogP contribution in [0.15, 0.2) is 41.5 Å². The number of halogens is 4. The fourth-order valence-corrected chi connectivity index (χ4v) is 2.77. The summed E-state index contributed by atoms with van der Waals surface area (Å²) in [6.07, 6.45) is 0.660. The lowest BCUT2D eigenvalue weighted by molar-refractivity contribution is -0.117. The third-order valence-corrected chi connectivity index (χ3v) is 4.38. The van der Waals surface area contributed by atoms with Crippen molar-refractivity contribution in [3.05, 3.63) is 65.0 Å². The first kappa shape index (κ1) is 18.8. The molecule has 1 atom stereocenters. The molecule has 2 aromatic rings. The van der Waals surface area contributed by atoms with Gasteiger partial charge in [-0.05, 0) is 36.8 Å². The number of ether oxygens (including phenoxy) is 1. The molecule has 1 aromatic carbocycles. The van der Waals surface area contributed by atoms with Crippen LogP contribution in [-0.4, -0.2) is 29.3 Å². The average molecular weight is 381 g/mol. The molecule has 9 heteroatoms. The van der Waals surface area contributed by atoms with Gasteiger partial charge in [-0.1, -0.05) is 6.07 Å². The average Bonchev–Trinajstić information content (AvgIpc) is 2.61. The van der Waals surface area contributed by atoms with Gasteiger partial charge in [-0.2, -0.15) is 8.78 Å². The molecule has 1 aromatic heterocycles. The molecule has 27 heavy (non-hydrogen) atoms. The van der Waals surface area contributed by atoms with Crippen molar-refractivity contribution in [1.29, 1.82) is 0 Å². The van der Waals surface area contributed by atoms with E-state index in [0.717, 1.165) is 31.3 Å². The van der Waals surface area contributed by atoms with Crippen LogP contribution < -0.4 is 5.73 Å². The first-order valence-electron chi connectivity index (χ1n) is 7.92. The van der Waals surface area contributed by atoms with Gasteiger partial charge >= 0.3 is 5.92 Å². The first-order chi connectivity index (χ1) is 12.6. The third kappa shape index (κ3) is 3.49. The Morgan fingerprint density at radius 3 is 2.67 bits per heavy atom. The summed E-state index contributed by atoms with van der Waals surface area (Å²) >= 11 is 0. The van der Waals surface area contributed by atoms with E-state index in [-0.39, 0.29) is 17.7 Å². The van der Waals surface area contributed by atoms with E-state index in [2.05, 4.69) is 14.7 Å². The zero-order valence-corrected chi connectivity index (χ0v) is 14.2. The van der Waals surface area contributed by atoms with Gasteiger partial charge in [0.1, 0.15) is 17.3 Å². The van der Waals surface area contributed by atoms with Crippen molar-refractivity contribution in [2.75, 3.05) is 6.61 Å². The molecule has 2 N–H and O–H groups in total. The Kier molecular flexibility index (Phi) is 4.63. The summed E-state index contributed by atoms with van der Waals surface area (Å²) in [6, 6.07) is 5.25. The minimum atomic E-state index is -3.52. The van der Waals surface area contributed by atoms with Crippen LogP contribution in [0.5, 0.6) is 0 Å². The highest BCUT2D eigenvalue weighted by Crippen LogP contribution is 2.44. The van der Waals surface area contributed by atoms with Crippen molar-refractivity contribution in [3.8, 4) is 0 Å². The third-order valence-electron chi connectivity index (χ3n) is 4.38. The number of pyridine rings is 1. The van der Waals surface area contributed by atoms with Gasteiger partial charge in [0.05, 0.1) is 6.20 Å². The number of ketones is 1. The predicted molar refractivity (Wildman–Crippen MR) is 88.5 cm³/mol. The lowest BCUT2D eigenvalue weighted by Crippen LogP contribution is -2.51. The molecule has 3 rings (SSSR count). The second-order valence-electron chi connectivity index (χ2n) is 6.29. The highest BCUT2D eigenvalue weighted by molar-refractivity contribution is 5.95. The van der Waals surface area contributed by atoms with Gasteiger partial charge < -0.3 is 10.5 Å². The minimum absolute atomic E-state index is 0.00662. The molecule has 142 valence electrons. The molecular weight excluding hydrogens is 366 g/mol. The Morgan fingerprint density at radius 1 is 1.26 bits per heavy atom. The standard InChI is InChI=1S/C18H15F4N3O2/c1-17(18(21,22)9-27-16(23)25-17)12-6-10(2-4-13(12)20)7-15(26)14-5-3-11(19)8-24-14/h2-6,8H,7,9H2,1H3,(H2,23,25)/t17-/m1/s1. The van der Waals surface area contributed by atoms with Crippen molar-refractivity contribution in [2.24, 2.45) is 10.7 Å². The molecule has 0 unspecified atom stereocenters. The van der Waals surface area contributed by atoms with Crippen molar-refractivity contribution in [1.82, 2.24) is 4.98 Å². The van der Waals surface area contributed by atoms with Gasteiger partial charge in [-0.25, -0.2) is 13.8 Å². The van der Waals surface area contributed by atoms with Crippen LogP contribution >= 0.6 is 0 Å². The van der Waals surface area contributed by atoms with Gasteiger partial charge in [0, 0.05) is 12.0 Å². The summed E-state index contributed by atoms with van der Waals surface area (Å²) in [5.74, 6) is -5.50. The molecule has 0 amide bonds. The normalized spacial score (nSPS) is 21.3. The lowest BCUT2D eigenvalue weighted by atomic mass is 9.84. The Hall–Kier alpha value is -2.97. The van der Waals surface area contributed by atoms with Crippen LogP contribution in [0, 0.1) is 11.6 Å². The van der Waals surface area contributed by atoms with E-state index in [4.69, 9.17) is 5.73 Å². The minimum Gasteiger partial charge on any atom is -0.459 e. The number of aliphatic imine (C=N–C) groups is 1. The summed E-state index contributed by atoms with van der Waals surface area (Å²) in [5.41, 5.74) is 3.00. The van der Waals surface area contributed by atoms with Gasteiger partial charge in [0.2, 0.25) is 0 Å². The van der Waals surface area contributed by atoms with E-state index in [0.29, 0.717) is 0 Å². The van der Waals surface area contributed by atoms with Gasteiger partial charge in [0.25, 0.3) is 6.02 Å². The van der Waals surface area contributed by atoms with E-state index in [1.165, 1.54) is 12.1 Å². The number of amidine groups is 1. The Bertz CT molecular complexity index is 915. The number of Topliss-reactive ketones (excluding diaryl/α,β-unsaturated/α-hetero) is 1.